The zero-order valence-electron chi connectivity index (χ0n) is 7.26. The van der Waals surface area contributed by atoms with Crippen LogP contribution in [0.25, 0.3) is 0 Å². The van der Waals surface area contributed by atoms with Crippen molar-refractivity contribution in [3.05, 3.63) is 34.6 Å². The number of hydrogen-bond acceptors (Lipinski definition) is 2. The molecule has 0 heterocycles. The van der Waals surface area contributed by atoms with E-state index in [1.54, 1.807) is 0 Å². The molecule has 0 aliphatic heterocycles. The third-order valence-corrected chi connectivity index (χ3v) is 1.93. The van der Waals surface area contributed by atoms with Gasteiger partial charge in [0.05, 0.1) is 12.1 Å². The molecule has 0 fully saturated rings. The van der Waals surface area contributed by atoms with E-state index in [9.17, 15) is 13.6 Å². The Morgan fingerprint density at radius 3 is 2.71 bits per heavy atom. The fourth-order valence-electron chi connectivity index (χ4n) is 0.910. The Morgan fingerprint density at radius 1 is 1.57 bits per heavy atom. The molecule has 5 heteroatoms. The molecule has 1 unspecified atom stereocenters. The van der Waals surface area contributed by atoms with Crippen molar-refractivity contribution < 1.29 is 18.3 Å². The molecule has 0 aromatic heterocycles. The van der Waals surface area contributed by atoms with Crippen molar-refractivity contribution in [1.82, 2.24) is 0 Å². The second kappa shape index (κ2) is 4.37. The largest absolute Gasteiger partial charge is 0.467 e. The van der Waals surface area contributed by atoms with Crippen LogP contribution in [0.5, 0.6) is 0 Å². The van der Waals surface area contributed by atoms with Gasteiger partial charge in [-0.15, -0.1) is 0 Å². The van der Waals surface area contributed by atoms with Crippen LogP contribution in [0.15, 0.2) is 18.2 Å². The van der Waals surface area contributed by atoms with Gasteiger partial charge in [-0.3, -0.25) is 0 Å². The van der Waals surface area contributed by atoms with Crippen LogP contribution in [0, 0.1) is 5.82 Å². The summed E-state index contributed by atoms with van der Waals surface area (Å²) in [7, 11) is 1.07. The highest BCUT2D eigenvalue weighted by Crippen LogP contribution is 2.23. The van der Waals surface area contributed by atoms with E-state index in [2.05, 4.69) is 4.74 Å². The predicted molar refractivity (Wildman–Crippen MR) is 47.3 cm³/mol. The quantitative estimate of drug-likeness (QED) is 0.717. The van der Waals surface area contributed by atoms with Gasteiger partial charge in [0.25, 0.3) is 0 Å². The maximum absolute atomic E-state index is 13.2. The molecule has 1 aromatic carbocycles. The van der Waals surface area contributed by atoms with Crippen molar-refractivity contribution in [3.63, 3.8) is 0 Å². The van der Waals surface area contributed by atoms with Crippen molar-refractivity contribution in [2.24, 2.45) is 0 Å². The van der Waals surface area contributed by atoms with Crippen molar-refractivity contribution in [3.8, 4) is 0 Å². The lowest BCUT2D eigenvalue weighted by atomic mass is 10.1. The summed E-state index contributed by atoms with van der Waals surface area (Å²) in [6.07, 6.45) is -1.93. The molecule has 0 radical (unpaired) electrons. The fourth-order valence-corrected chi connectivity index (χ4v) is 1.10. The van der Waals surface area contributed by atoms with E-state index in [-0.39, 0.29) is 10.6 Å². The first-order chi connectivity index (χ1) is 6.56. The summed E-state index contributed by atoms with van der Waals surface area (Å²) in [5, 5.41) is -0.228. The zero-order chi connectivity index (χ0) is 10.7. The molecule has 14 heavy (non-hydrogen) atoms. The van der Waals surface area contributed by atoms with Crippen LogP contribution in [0.3, 0.4) is 0 Å². The van der Waals surface area contributed by atoms with E-state index in [1.807, 2.05) is 0 Å². The highest BCUT2D eigenvalue weighted by molar-refractivity contribution is 6.30. The molecule has 1 rings (SSSR count). The van der Waals surface area contributed by atoms with Gasteiger partial charge < -0.3 is 4.74 Å². The van der Waals surface area contributed by atoms with Gasteiger partial charge in [0.15, 0.2) is 0 Å². The Hall–Kier alpha value is -1.16. The number of hydrogen-bond donors (Lipinski definition) is 0. The number of esters is 1. The Balaban J connectivity index is 2.96. The Labute approximate surface area is 84.4 Å². The minimum Gasteiger partial charge on any atom is -0.467 e. The van der Waals surface area contributed by atoms with Crippen LogP contribution in [-0.4, -0.2) is 13.1 Å². The Bertz CT molecular complexity index is 355. The lowest BCUT2D eigenvalue weighted by molar-refractivity contribution is -0.146. The summed E-state index contributed by atoms with van der Waals surface area (Å²) < 4.78 is 30.0. The van der Waals surface area contributed by atoms with Crippen LogP contribution in [-0.2, 0) is 9.53 Å². The molecule has 0 saturated heterocycles. The summed E-state index contributed by atoms with van der Waals surface area (Å²) in [6.45, 7) is 0. The maximum atomic E-state index is 13.2. The number of ether oxygens (including phenoxy) is 1. The van der Waals surface area contributed by atoms with E-state index < -0.39 is 18.0 Å². The molecule has 2 nitrogen and oxygen atoms in total. The first-order valence-corrected chi connectivity index (χ1v) is 4.11. The molecule has 0 N–H and O–H groups in total. The first kappa shape index (κ1) is 10.9. The number of carbonyl (C=O) groups excluding carboxylic acids is 1. The number of halogens is 3. The number of carbonyl (C=O) groups is 1. The van der Waals surface area contributed by atoms with Gasteiger partial charge in [-0.05, 0) is 17.7 Å². The standard InChI is InChI=1S/C9H7ClF2O2/c1-14-9(13)8(12)5-2-3-7(11)6(10)4-5/h2-4,8H,1H3. The van der Waals surface area contributed by atoms with E-state index in [0.29, 0.717) is 0 Å². The number of methoxy groups -OCH3 is 1. The first-order valence-electron chi connectivity index (χ1n) is 3.73. The van der Waals surface area contributed by atoms with E-state index >= 15 is 0 Å². The normalized spacial score (nSPS) is 12.3. The molecule has 0 bridgehead atoms. The van der Waals surface area contributed by atoms with E-state index in [1.165, 1.54) is 0 Å². The van der Waals surface area contributed by atoms with Gasteiger partial charge in [0, 0.05) is 0 Å². The molecular formula is C9H7ClF2O2. The highest BCUT2D eigenvalue weighted by Gasteiger charge is 2.20. The summed E-state index contributed by atoms with van der Waals surface area (Å²) in [5.74, 6) is -1.69. The van der Waals surface area contributed by atoms with Gasteiger partial charge in [-0.25, -0.2) is 13.6 Å². The molecule has 76 valence electrons. The van der Waals surface area contributed by atoms with Crippen LogP contribution < -0.4 is 0 Å². The Morgan fingerprint density at radius 2 is 2.21 bits per heavy atom. The summed E-state index contributed by atoms with van der Waals surface area (Å²) in [5.41, 5.74) is -0.0248. The van der Waals surface area contributed by atoms with Crippen molar-refractivity contribution in [1.29, 1.82) is 0 Å². The van der Waals surface area contributed by atoms with Crippen LogP contribution in [0.2, 0.25) is 5.02 Å². The average molecular weight is 221 g/mol. The Kier molecular flexibility index (Phi) is 3.41. The van der Waals surface area contributed by atoms with E-state index in [0.717, 1.165) is 25.3 Å². The number of rotatable bonds is 2. The third kappa shape index (κ3) is 2.20. The van der Waals surface area contributed by atoms with Gasteiger partial charge in [-0.1, -0.05) is 17.7 Å². The van der Waals surface area contributed by atoms with Crippen molar-refractivity contribution in [2.75, 3.05) is 7.11 Å². The van der Waals surface area contributed by atoms with Crippen molar-refractivity contribution >= 4 is 17.6 Å². The van der Waals surface area contributed by atoms with Gasteiger partial charge in [-0.2, -0.15) is 0 Å². The van der Waals surface area contributed by atoms with Gasteiger partial charge >= 0.3 is 5.97 Å². The highest BCUT2D eigenvalue weighted by atomic mass is 35.5. The third-order valence-electron chi connectivity index (χ3n) is 1.64. The summed E-state index contributed by atoms with van der Waals surface area (Å²) in [6, 6.07) is 3.19. The molecule has 1 aromatic rings. The van der Waals surface area contributed by atoms with Crippen LogP contribution in [0.4, 0.5) is 8.78 Å². The minimum atomic E-state index is -1.93. The predicted octanol–water partition coefficient (Wildman–Crippen LogP) is 2.66. The SMILES string of the molecule is COC(=O)C(F)c1ccc(F)c(Cl)c1. The topological polar surface area (TPSA) is 26.3 Å². The second-order valence-corrected chi connectivity index (χ2v) is 2.97. The molecular weight excluding hydrogens is 214 g/mol. The van der Waals surface area contributed by atoms with E-state index in [4.69, 9.17) is 11.6 Å². The lowest BCUT2D eigenvalue weighted by Gasteiger charge is -2.06. The van der Waals surface area contributed by atoms with Crippen LogP contribution >= 0.6 is 11.6 Å². The average Bonchev–Trinajstić information content (AvgIpc) is 2.20. The van der Waals surface area contributed by atoms with Gasteiger partial charge in [0.2, 0.25) is 6.17 Å². The molecule has 0 saturated carbocycles. The number of alkyl halides is 1. The summed E-state index contributed by atoms with van der Waals surface area (Å²) in [4.78, 5) is 10.8. The molecule has 1 atom stereocenters. The lowest BCUT2D eigenvalue weighted by Crippen LogP contribution is -2.09. The molecule has 0 aliphatic rings. The van der Waals surface area contributed by atoms with Gasteiger partial charge in [0.1, 0.15) is 5.82 Å². The summed E-state index contributed by atoms with van der Waals surface area (Å²) >= 11 is 5.41. The monoisotopic (exact) mass is 220 g/mol. The molecule has 0 aliphatic carbocycles. The fraction of sp³-hybridized carbons (Fsp3) is 0.222. The maximum Gasteiger partial charge on any atom is 0.345 e. The minimum absolute atomic E-state index is 0.0248. The number of benzene rings is 1. The van der Waals surface area contributed by atoms with Crippen LogP contribution in [0.1, 0.15) is 11.7 Å². The smallest absolute Gasteiger partial charge is 0.345 e. The zero-order valence-corrected chi connectivity index (χ0v) is 8.02. The molecule has 0 amide bonds. The second-order valence-electron chi connectivity index (χ2n) is 2.56. The van der Waals surface area contributed by atoms with Crippen molar-refractivity contribution in [2.45, 2.75) is 6.17 Å². The molecule has 0 spiro atoms.